The zero-order valence-corrected chi connectivity index (χ0v) is 13.0. The van der Waals surface area contributed by atoms with E-state index in [2.05, 4.69) is 40.7 Å². The first-order valence-electron chi connectivity index (χ1n) is 7.68. The lowest BCUT2D eigenvalue weighted by molar-refractivity contribution is -0.121. The Labute approximate surface area is 131 Å². The molecule has 1 aliphatic rings. The van der Waals surface area contributed by atoms with Gasteiger partial charge in [0.25, 0.3) is 0 Å². The third kappa shape index (κ3) is 3.11. The molecule has 3 rings (SSSR count). The molecular weight excluding hydrogens is 274 g/mol. The Balaban J connectivity index is 1.53. The van der Waals surface area contributed by atoms with E-state index >= 15 is 0 Å². The number of hydrogen-bond acceptors (Lipinski definition) is 3. The largest absolute Gasteiger partial charge is 0.373 e. The molecule has 0 saturated heterocycles. The predicted octanol–water partition coefficient (Wildman–Crippen LogP) is 2.39. The van der Waals surface area contributed by atoms with Crippen LogP contribution in [0.5, 0.6) is 0 Å². The zero-order chi connectivity index (χ0) is 15.5. The third-order valence-corrected chi connectivity index (χ3v) is 4.11. The highest BCUT2D eigenvalue weighted by molar-refractivity contribution is 5.87. The smallest absolute Gasteiger partial charge is 0.242 e. The van der Waals surface area contributed by atoms with Gasteiger partial charge < -0.3 is 10.6 Å². The fraction of sp³-hybridized carbons (Fsp3) is 0.333. The second kappa shape index (κ2) is 6.18. The summed E-state index contributed by atoms with van der Waals surface area (Å²) in [4.78, 5) is 16.6. The van der Waals surface area contributed by atoms with Crippen LogP contribution in [0.15, 0.2) is 36.5 Å². The molecule has 1 amide bonds. The Morgan fingerprint density at radius 3 is 3.05 bits per heavy atom. The first-order valence-corrected chi connectivity index (χ1v) is 7.68. The third-order valence-electron chi connectivity index (χ3n) is 4.11. The number of anilines is 1. The van der Waals surface area contributed by atoms with Crippen molar-refractivity contribution >= 4 is 11.6 Å². The van der Waals surface area contributed by atoms with Gasteiger partial charge in [0.2, 0.25) is 5.91 Å². The van der Waals surface area contributed by atoms with Gasteiger partial charge in [0.1, 0.15) is 6.04 Å². The van der Waals surface area contributed by atoms with E-state index < -0.39 is 0 Å². The van der Waals surface area contributed by atoms with Gasteiger partial charge in [-0.1, -0.05) is 23.8 Å². The van der Waals surface area contributed by atoms with Gasteiger partial charge in [-0.2, -0.15) is 0 Å². The maximum atomic E-state index is 12.3. The van der Waals surface area contributed by atoms with Crippen LogP contribution >= 0.6 is 0 Å². The van der Waals surface area contributed by atoms with Crippen LogP contribution in [0.4, 0.5) is 5.69 Å². The molecular formula is C18H21N3O. The predicted molar refractivity (Wildman–Crippen MR) is 88.0 cm³/mol. The lowest BCUT2D eigenvalue weighted by Crippen LogP contribution is -2.39. The van der Waals surface area contributed by atoms with E-state index in [9.17, 15) is 4.79 Å². The van der Waals surface area contributed by atoms with Crippen LogP contribution in [0.3, 0.4) is 0 Å². The van der Waals surface area contributed by atoms with Gasteiger partial charge >= 0.3 is 0 Å². The van der Waals surface area contributed by atoms with E-state index in [1.165, 1.54) is 16.7 Å². The molecule has 0 saturated carbocycles. The van der Waals surface area contributed by atoms with E-state index in [0.29, 0.717) is 6.54 Å². The number of amides is 1. The van der Waals surface area contributed by atoms with E-state index in [0.717, 1.165) is 24.2 Å². The van der Waals surface area contributed by atoms with Crippen LogP contribution in [-0.2, 0) is 17.6 Å². The molecule has 4 nitrogen and oxygen atoms in total. The summed E-state index contributed by atoms with van der Waals surface area (Å²) in [5, 5.41) is 6.30. The van der Waals surface area contributed by atoms with Crippen molar-refractivity contribution in [2.45, 2.75) is 32.7 Å². The molecule has 0 aliphatic carbocycles. The molecule has 1 atom stereocenters. The maximum absolute atomic E-state index is 12.3. The van der Waals surface area contributed by atoms with E-state index in [1.54, 1.807) is 6.20 Å². The average molecular weight is 295 g/mol. The van der Waals surface area contributed by atoms with Crippen LogP contribution < -0.4 is 10.6 Å². The van der Waals surface area contributed by atoms with Crippen LogP contribution in [0, 0.1) is 13.8 Å². The molecule has 0 radical (unpaired) electrons. The van der Waals surface area contributed by atoms with Gasteiger partial charge in [-0.25, -0.2) is 0 Å². The van der Waals surface area contributed by atoms with Crippen molar-refractivity contribution in [3.63, 3.8) is 0 Å². The zero-order valence-electron chi connectivity index (χ0n) is 13.0. The Hall–Kier alpha value is -2.36. The molecule has 0 fully saturated rings. The monoisotopic (exact) mass is 295 g/mol. The molecule has 0 bridgehead atoms. The van der Waals surface area contributed by atoms with Gasteiger partial charge in [-0.15, -0.1) is 0 Å². The van der Waals surface area contributed by atoms with Crippen molar-refractivity contribution in [2.75, 3.05) is 11.9 Å². The molecule has 0 unspecified atom stereocenters. The quantitative estimate of drug-likeness (QED) is 0.910. The average Bonchev–Trinajstić information content (AvgIpc) is 2.92. The topological polar surface area (TPSA) is 54.0 Å². The van der Waals surface area contributed by atoms with Crippen molar-refractivity contribution in [3.05, 3.63) is 58.9 Å². The van der Waals surface area contributed by atoms with E-state index in [1.807, 2.05) is 19.1 Å². The number of aromatic nitrogens is 1. The number of hydrogen-bond donors (Lipinski definition) is 2. The molecule has 4 heteroatoms. The summed E-state index contributed by atoms with van der Waals surface area (Å²) in [5.74, 6) is 0.0578. The van der Waals surface area contributed by atoms with Gasteiger partial charge in [-0.05, 0) is 37.1 Å². The molecule has 22 heavy (non-hydrogen) atoms. The second-order valence-electron chi connectivity index (χ2n) is 5.87. The lowest BCUT2D eigenvalue weighted by atomic mass is 10.1. The molecule has 2 N–H and O–H groups in total. The number of nitrogens with one attached hydrogen (secondary N) is 2. The Kier molecular flexibility index (Phi) is 4.09. The first kappa shape index (κ1) is 14.6. The summed E-state index contributed by atoms with van der Waals surface area (Å²) in [6, 6.07) is 10.1. The highest BCUT2D eigenvalue weighted by Crippen LogP contribution is 2.26. The van der Waals surface area contributed by atoms with Crippen LogP contribution in [-0.4, -0.2) is 23.5 Å². The molecule has 2 heterocycles. The highest BCUT2D eigenvalue weighted by Gasteiger charge is 2.26. The first-order chi connectivity index (χ1) is 10.6. The van der Waals surface area contributed by atoms with Gasteiger partial charge in [-0.3, -0.25) is 9.78 Å². The number of aryl methyl sites for hydroxylation is 2. The molecule has 2 aromatic rings. The van der Waals surface area contributed by atoms with Crippen molar-refractivity contribution in [1.82, 2.24) is 10.3 Å². The number of nitrogens with zero attached hydrogens (tertiary/aromatic N) is 1. The standard InChI is InChI=1S/C18H21N3O/c1-12-5-6-16-14(10-12)11-17(21-16)18(22)20-9-7-15-13(2)4-3-8-19-15/h3-6,8,10,17,21H,7,9,11H2,1-2H3,(H,20,22)/t17-/m1/s1. The number of rotatable bonds is 4. The summed E-state index contributed by atoms with van der Waals surface area (Å²) in [7, 11) is 0. The summed E-state index contributed by atoms with van der Waals surface area (Å²) in [6.45, 7) is 4.73. The van der Waals surface area contributed by atoms with Crippen LogP contribution in [0.25, 0.3) is 0 Å². The molecule has 1 aromatic heterocycles. The summed E-state index contributed by atoms with van der Waals surface area (Å²) < 4.78 is 0. The summed E-state index contributed by atoms with van der Waals surface area (Å²) >= 11 is 0. The van der Waals surface area contributed by atoms with Gasteiger partial charge in [0, 0.05) is 37.0 Å². The number of fused-ring (bicyclic) bond motifs is 1. The number of carbonyl (C=O) groups is 1. The molecule has 1 aliphatic heterocycles. The van der Waals surface area contributed by atoms with Crippen molar-refractivity contribution in [3.8, 4) is 0 Å². The minimum absolute atomic E-state index is 0.0578. The molecule has 114 valence electrons. The SMILES string of the molecule is Cc1ccc2c(c1)C[C@H](C(=O)NCCc1ncccc1C)N2. The van der Waals surface area contributed by atoms with Gasteiger partial charge in [0.05, 0.1) is 0 Å². The van der Waals surface area contributed by atoms with Crippen molar-refractivity contribution in [2.24, 2.45) is 0 Å². The minimum atomic E-state index is -0.165. The maximum Gasteiger partial charge on any atom is 0.242 e. The lowest BCUT2D eigenvalue weighted by Gasteiger charge is -2.12. The minimum Gasteiger partial charge on any atom is -0.373 e. The number of benzene rings is 1. The van der Waals surface area contributed by atoms with Crippen LogP contribution in [0.2, 0.25) is 0 Å². The fourth-order valence-corrected chi connectivity index (χ4v) is 2.86. The Morgan fingerprint density at radius 1 is 1.36 bits per heavy atom. The van der Waals surface area contributed by atoms with E-state index in [4.69, 9.17) is 0 Å². The number of carbonyl (C=O) groups excluding carboxylic acids is 1. The second-order valence-corrected chi connectivity index (χ2v) is 5.87. The molecule has 1 aromatic carbocycles. The van der Waals surface area contributed by atoms with Crippen LogP contribution in [0.1, 0.15) is 22.4 Å². The molecule has 0 spiro atoms. The Morgan fingerprint density at radius 2 is 2.23 bits per heavy atom. The summed E-state index contributed by atoms with van der Waals surface area (Å²) in [6.07, 6.45) is 3.31. The highest BCUT2D eigenvalue weighted by atomic mass is 16.2. The fourth-order valence-electron chi connectivity index (χ4n) is 2.86. The van der Waals surface area contributed by atoms with Crippen molar-refractivity contribution < 1.29 is 4.79 Å². The summed E-state index contributed by atoms with van der Waals surface area (Å²) in [5.41, 5.74) is 5.74. The van der Waals surface area contributed by atoms with Crippen molar-refractivity contribution in [1.29, 1.82) is 0 Å². The van der Waals surface area contributed by atoms with Gasteiger partial charge in [0.15, 0.2) is 0 Å². The Bertz CT molecular complexity index is 696. The number of pyridine rings is 1. The van der Waals surface area contributed by atoms with E-state index in [-0.39, 0.29) is 11.9 Å². The normalized spacial score (nSPS) is 16.0.